The highest BCUT2D eigenvalue weighted by atomic mass is 16.1. The molecule has 3 aromatic rings. The quantitative estimate of drug-likeness (QED) is 0.722. The number of nitrogens with zero attached hydrogens (tertiary/aromatic N) is 2. The first-order valence-electron chi connectivity index (χ1n) is 9.16. The summed E-state index contributed by atoms with van der Waals surface area (Å²) < 4.78 is 0. The van der Waals surface area contributed by atoms with Crippen LogP contribution in [0.1, 0.15) is 22.0 Å². The van der Waals surface area contributed by atoms with Crippen LogP contribution < -0.4 is 10.2 Å². The summed E-state index contributed by atoms with van der Waals surface area (Å²) in [5, 5.41) is 5.31. The number of carbonyl (C=O) groups excluding carboxylic acids is 1. The summed E-state index contributed by atoms with van der Waals surface area (Å²) in [7, 11) is 8.13. The Morgan fingerprint density at radius 3 is 2.19 bits per heavy atom. The fourth-order valence-corrected chi connectivity index (χ4v) is 3.22. The second kappa shape index (κ2) is 8.23. The molecule has 0 aliphatic heterocycles. The number of anilines is 1. The Balaban J connectivity index is 1.72. The molecule has 0 heterocycles. The molecule has 1 amide bonds. The van der Waals surface area contributed by atoms with Crippen molar-refractivity contribution in [2.75, 3.05) is 39.6 Å². The summed E-state index contributed by atoms with van der Waals surface area (Å²) >= 11 is 0. The van der Waals surface area contributed by atoms with Gasteiger partial charge in [0.1, 0.15) is 0 Å². The van der Waals surface area contributed by atoms with Gasteiger partial charge in [0.15, 0.2) is 0 Å². The number of fused-ring (bicyclic) bond motifs is 1. The second-order valence-electron chi connectivity index (χ2n) is 7.24. The number of rotatable bonds is 6. The third kappa shape index (κ3) is 4.47. The third-order valence-electron chi connectivity index (χ3n) is 4.89. The van der Waals surface area contributed by atoms with Crippen LogP contribution in [-0.4, -0.2) is 45.5 Å². The zero-order valence-corrected chi connectivity index (χ0v) is 16.4. The average molecular weight is 361 g/mol. The summed E-state index contributed by atoms with van der Waals surface area (Å²) in [6, 6.07) is 22.5. The van der Waals surface area contributed by atoms with Crippen molar-refractivity contribution in [2.45, 2.75) is 6.04 Å². The van der Waals surface area contributed by atoms with Gasteiger partial charge in [-0.05, 0) is 54.7 Å². The number of carbonyl (C=O) groups is 1. The number of hydrogen-bond acceptors (Lipinski definition) is 3. The lowest BCUT2D eigenvalue weighted by molar-refractivity contribution is 0.0942. The molecular weight excluding hydrogens is 334 g/mol. The maximum Gasteiger partial charge on any atom is 0.251 e. The van der Waals surface area contributed by atoms with E-state index in [4.69, 9.17) is 0 Å². The molecule has 0 saturated heterocycles. The van der Waals surface area contributed by atoms with Crippen LogP contribution in [0.15, 0.2) is 66.7 Å². The van der Waals surface area contributed by atoms with Crippen LogP contribution in [0, 0.1) is 0 Å². The third-order valence-corrected chi connectivity index (χ3v) is 4.89. The van der Waals surface area contributed by atoms with Crippen LogP contribution in [-0.2, 0) is 0 Å². The van der Waals surface area contributed by atoms with Crippen molar-refractivity contribution in [3.8, 4) is 0 Å². The van der Waals surface area contributed by atoms with Crippen molar-refractivity contribution in [3.05, 3.63) is 77.9 Å². The molecule has 0 aliphatic rings. The summed E-state index contributed by atoms with van der Waals surface area (Å²) in [5.41, 5.74) is 3.04. The summed E-state index contributed by atoms with van der Waals surface area (Å²) in [6.45, 7) is 0.556. The van der Waals surface area contributed by atoms with E-state index in [0.717, 1.165) is 16.5 Å². The Hall–Kier alpha value is -2.85. The first-order chi connectivity index (χ1) is 13.0. The van der Waals surface area contributed by atoms with E-state index in [-0.39, 0.29) is 11.9 Å². The van der Waals surface area contributed by atoms with E-state index in [1.807, 2.05) is 64.6 Å². The van der Waals surface area contributed by atoms with Crippen molar-refractivity contribution in [3.63, 3.8) is 0 Å². The number of hydrogen-bond donors (Lipinski definition) is 1. The largest absolute Gasteiger partial charge is 0.378 e. The van der Waals surface area contributed by atoms with E-state index in [1.54, 1.807) is 0 Å². The number of amides is 1. The molecule has 0 saturated carbocycles. The van der Waals surface area contributed by atoms with Gasteiger partial charge in [-0.1, -0.05) is 42.5 Å². The molecular formula is C23H27N3O. The van der Waals surface area contributed by atoms with Gasteiger partial charge in [0.2, 0.25) is 0 Å². The van der Waals surface area contributed by atoms with Gasteiger partial charge in [0, 0.05) is 31.9 Å². The van der Waals surface area contributed by atoms with Gasteiger partial charge >= 0.3 is 0 Å². The molecule has 0 bridgehead atoms. The van der Waals surface area contributed by atoms with Crippen molar-refractivity contribution >= 4 is 22.4 Å². The Bertz CT molecular complexity index is 916. The van der Waals surface area contributed by atoms with Gasteiger partial charge in [-0.25, -0.2) is 0 Å². The molecule has 0 unspecified atom stereocenters. The Labute approximate surface area is 161 Å². The lowest BCUT2D eigenvalue weighted by Gasteiger charge is -2.26. The zero-order valence-electron chi connectivity index (χ0n) is 16.4. The van der Waals surface area contributed by atoms with E-state index in [9.17, 15) is 4.79 Å². The summed E-state index contributed by atoms with van der Waals surface area (Å²) in [4.78, 5) is 16.9. The minimum Gasteiger partial charge on any atom is -0.378 e. The summed E-state index contributed by atoms with van der Waals surface area (Å²) in [6.07, 6.45) is 0. The van der Waals surface area contributed by atoms with Gasteiger partial charge < -0.3 is 15.1 Å². The highest BCUT2D eigenvalue weighted by Gasteiger charge is 2.16. The molecule has 3 aromatic carbocycles. The van der Waals surface area contributed by atoms with E-state index in [0.29, 0.717) is 12.1 Å². The van der Waals surface area contributed by atoms with Crippen LogP contribution in [0.2, 0.25) is 0 Å². The van der Waals surface area contributed by atoms with Crippen LogP contribution in [0.4, 0.5) is 5.69 Å². The van der Waals surface area contributed by atoms with E-state index in [2.05, 4.69) is 45.4 Å². The number of likely N-dealkylation sites (N-methyl/N-ethyl adjacent to an activating group) is 1. The second-order valence-corrected chi connectivity index (χ2v) is 7.24. The Morgan fingerprint density at radius 1 is 0.889 bits per heavy atom. The number of benzene rings is 3. The highest BCUT2D eigenvalue weighted by molar-refractivity contribution is 5.98. The SMILES string of the molecule is CN(C)c1ccc([C@@H](CNC(=O)c2ccc3ccccc3c2)N(C)C)cc1. The average Bonchev–Trinajstić information content (AvgIpc) is 2.67. The fourth-order valence-electron chi connectivity index (χ4n) is 3.22. The Morgan fingerprint density at radius 2 is 1.56 bits per heavy atom. The molecule has 0 aromatic heterocycles. The van der Waals surface area contributed by atoms with Gasteiger partial charge in [-0.2, -0.15) is 0 Å². The van der Waals surface area contributed by atoms with Crippen molar-refractivity contribution in [1.29, 1.82) is 0 Å². The molecule has 3 rings (SSSR count). The molecule has 0 radical (unpaired) electrons. The molecule has 0 fully saturated rings. The standard InChI is InChI=1S/C23H27N3O/c1-25(2)21-13-11-18(12-14-21)22(26(3)4)16-24-23(27)20-10-9-17-7-5-6-8-19(17)15-20/h5-15,22H,16H2,1-4H3,(H,24,27)/t22-/m1/s1. The van der Waals surface area contributed by atoms with E-state index in [1.165, 1.54) is 5.56 Å². The topological polar surface area (TPSA) is 35.6 Å². The smallest absolute Gasteiger partial charge is 0.251 e. The zero-order chi connectivity index (χ0) is 19.4. The molecule has 0 aliphatic carbocycles. The minimum atomic E-state index is -0.0440. The normalized spacial score (nSPS) is 12.2. The van der Waals surface area contributed by atoms with Crippen molar-refractivity contribution in [1.82, 2.24) is 10.2 Å². The summed E-state index contributed by atoms with van der Waals surface area (Å²) in [5.74, 6) is -0.0440. The van der Waals surface area contributed by atoms with Crippen LogP contribution in [0.25, 0.3) is 10.8 Å². The highest BCUT2D eigenvalue weighted by Crippen LogP contribution is 2.21. The first-order valence-corrected chi connectivity index (χ1v) is 9.16. The lowest BCUT2D eigenvalue weighted by atomic mass is 10.0. The molecule has 4 nitrogen and oxygen atoms in total. The molecule has 27 heavy (non-hydrogen) atoms. The molecule has 4 heteroatoms. The van der Waals surface area contributed by atoms with Crippen molar-refractivity contribution in [2.24, 2.45) is 0 Å². The predicted octanol–water partition coefficient (Wildman–Crippen LogP) is 3.94. The van der Waals surface area contributed by atoms with Gasteiger partial charge in [-0.3, -0.25) is 4.79 Å². The van der Waals surface area contributed by atoms with Crippen LogP contribution >= 0.6 is 0 Å². The fraction of sp³-hybridized carbons (Fsp3) is 0.261. The van der Waals surface area contributed by atoms with Gasteiger partial charge in [0.05, 0.1) is 6.04 Å². The lowest BCUT2D eigenvalue weighted by Crippen LogP contribution is -2.34. The monoisotopic (exact) mass is 361 g/mol. The van der Waals surface area contributed by atoms with E-state index >= 15 is 0 Å². The van der Waals surface area contributed by atoms with Crippen LogP contribution in [0.3, 0.4) is 0 Å². The van der Waals surface area contributed by atoms with Crippen molar-refractivity contribution < 1.29 is 4.79 Å². The molecule has 1 N–H and O–H groups in total. The van der Waals surface area contributed by atoms with Gasteiger partial charge in [0.25, 0.3) is 5.91 Å². The molecule has 0 spiro atoms. The minimum absolute atomic E-state index is 0.0440. The predicted molar refractivity (Wildman–Crippen MR) is 113 cm³/mol. The molecule has 1 atom stereocenters. The number of nitrogens with one attached hydrogen (secondary N) is 1. The maximum atomic E-state index is 12.7. The maximum absolute atomic E-state index is 12.7. The molecule has 140 valence electrons. The Kier molecular flexibility index (Phi) is 5.77. The first kappa shape index (κ1) is 18.9. The van der Waals surface area contributed by atoms with Crippen LogP contribution in [0.5, 0.6) is 0 Å². The van der Waals surface area contributed by atoms with E-state index < -0.39 is 0 Å². The van der Waals surface area contributed by atoms with Gasteiger partial charge in [-0.15, -0.1) is 0 Å².